The fourth-order valence-corrected chi connectivity index (χ4v) is 2.99. The van der Waals surface area contributed by atoms with Crippen LogP contribution in [0.2, 0.25) is 0 Å². The smallest absolute Gasteiger partial charge is 0.170 e. The number of rotatable bonds is 4. The van der Waals surface area contributed by atoms with E-state index in [1.54, 1.807) is 0 Å². The first kappa shape index (κ1) is 14.1. The number of ether oxygens (including phenoxy) is 4. The maximum Gasteiger partial charge on any atom is 0.170 e. The summed E-state index contributed by atoms with van der Waals surface area (Å²) in [4.78, 5) is 0. The van der Waals surface area contributed by atoms with Crippen LogP contribution in [-0.2, 0) is 9.47 Å². The summed E-state index contributed by atoms with van der Waals surface area (Å²) in [6.07, 6.45) is -0.145. The van der Waals surface area contributed by atoms with Crippen molar-refractivity contribution in [2.24, 2.45) is 0 Å². The average molecular weight is 344 g/mol. The van der Waals surface area contributed by atoms with Crippen molar-refractivity contribution in [3.05, 3.63) is 22.2 Å². The molecular formula is C14H18BrNO4. The lowest BCUT2D eigenvalue weighted by molar-refractivity contribution is -0.0404. The summed E-state index contributed by atoms with van der Waals surface area (Å²) in [7, 11) is 0. The SMILES string of the molecule is CC(NCC1OCCO1)c1cc2c(cc1Br)OCCO2. The van der Waals surface area contributed by atoms with E-state index in [9.17, 15) is 0 Å². The van der Waals surface area contributed by atoms with Crippen molar-refractivity contribution in [2.75, 3.05) is 33.0 Å². The Labute approximate surface area is 126 Å². The highest BCUT2D eigenvalue weighted by Gasteiger charge is 2.20. The fraction of sp³-hybridized carbons (Fsp3) is 0.571. The highest BCUT2D eigenvalue weighted by atomic mass is 79.9. The number of hydrogen-bond donors (Lipinski definition) is 1. The molecule has 0 saturated carbocycles. The molecule has 110 valence electrons. The van der Waals surface area contributed by atoms with Gasteiger partial charge in [-0.1, -0.05) is 15.9 Å². The van der Waals surface area contributed by atoms with Gasteiger partial charge in [-0.15, -0.1) is 0 Å². The first-order chi connectivity index (χ1) is 9.74. The molecule has 5 nitrogen and oxygen atoms in total. The standard InChI is InChI=1S/C14H18BrNO4/c1-9(16-8-14-19-4-5-20-14)10-6-12-13(7-11(10)15)18-3-2-17-12/h6-7,9,14,16H,2-5,8H2,1H3. The zero-order valence-corrected chi connectivity index (χ0v) is 12.9. The van der Waals surface area contributed by atoms with Gasteiger partial charge in [0.1, 0.15) is 13.2 Å². The molecule has 0 spiro atoms. The lowest BCUT2D eigenvalue weighted by Crippen LogP contribution is -2.30. The van der Waals surface area contributed by atoms with E-state index in [2.05, 4.69) is 28.2 Å². The van der Waals surface area contributed by atoms with Crippen molar-refractivity contribution in [1.82, 2.24) is 5.32 Å². The maximum absolute atomic E-state index is 5.62. The van der Waals surface area contributed by atoms with Crippen molar-refractivity contribution in [2.45, 2.75) is 19.3 Å². The van der Waals surface area contributed by atoms with E-state index >= 15 is 0 Å². The van der Waals surface area contributed by atoms with Gasteiger partial charge in [-0.2, -0.15) is 0 Å². The Hall–Kier alpha value is -0.820. The molecule has 1 aromatic rings. The van der Waals surface area contributed by atoms with E-state index in [1.807, 2.05) is 12.1 Å². The second-order valence-corrected chi connectivity index (χ2v) is 5.67. The van der Waals surface area contributed by atoms with Gasteiger partial charge in [0.25, 0.3) is 0 Å². The molecule has 0 bridgehead atoms. The predicted molar refractivity (Wildman–Crippen MR) is 77.2 cm³/mol. The van der Waals surface area contributed by atoms with Gasteiger partial charge in [-0.25, -0.2) is 0 Å². The van der Waals surface area contributed by atoms with E-state index in [-0.39, 0.29) is 12.3 Å². The van der Waals surface area contributed by atoms with Crippen LogP contribution in [0.5, 0.6) is 11.5 Å². The predicted octanol–water partition coefficient (Wildman–Crippen LogP) is 2.24. The molecule has 2 aliphatic rings. The third-order valence-corrected chi connectivity index (χ3v) is 4.10. The molecule has 3 rings (SSSR count). The Morgan fingerprint density at radius 3 is 2.50 bits per heavy atom. The fourth-order valence-electron chi connectivity index (χ4n) is 2.32. The molecule has 1 fully saturated rings. The molecule has 1 N–H and O–H groups in total. The lowest BCUT2D eigenvalue weighted by atomic mass is 10.1. The largest absolute Gasteiger partial charge is 0.486 e. The first-order valence-electron chi connectivity index (χ1n) is 6.79. The Kier molecular flexibility index (Phi) is 4.45. The molecule has 0 aliphatic carbocycles. The van der Waals surface area contributed by atoms with Crippen LogP contribution in [0.25, 0.3) is 0 Å². The summed E-state index contributed by atoms with van der Waals surface area (Å²) >= 11 is 3.59. The molecule has 0 amide bonds. The zero-order valence-electron chi connectivity index (χ0n) is 11.4. The van der Waals surface area contributed by atoms with Crippen LogP contribution in [0.3, 0.4) is 0 Å². The zero-order chi connectivity index (χ0) is 13.9. The van der Waals surface area contributed by atoms with Crippen LogP contribution in [-0.4, -0.2) is 39.3 Å². The summed E-state index contributed by atoms with van der Waals surface area (Å²) in [6.45, 7) is 5.32. The molecule has 2 heterocycles. The Morgan fingerprint density at radius 1 is 1.15 bits per heavy atom. The second-order valence-electron chi connectivity index (χ2n) is 4.82. The van der Waals surface area contributed by atoms with Gasteiger partial charge in [-0.05, 0) is 24.6 Å². The van der Waals surface area contributed by atoms with Gasteiger partial charge >= 0.3 is 0 Å². The van der Waals surface area contributed by atoms with Crippen LogP contribution >= 0.6 is 15.9 Å². The quantitative estimate of drug-likeness (QED) is 0.908. The summed E-state index contributed by atoms with van der Waals surface area (Å²) in [5.41, 5.74) is 1.13. The van der Waals surface area contributed by atoms with Gasteiger partial charge < -0.3 is 24.3 Å². The second kappa shape index (κ2) is 6.30. The van der Waals surface area contributed by atoms with E-state index in [0.717, 1.165) is 21.5 Å². The topological polar surface area (TPSA) is 49.0 Å². The minimum atomic E-state index is -0.145. The van der Waals surface area contributed by atoms with E-state index < -0.39 is 0 Å². The Bertz CT molecular complexity index is 476. The summed E-state index contributed by atoms with van der Waals surface area (Å²) in [6, 6.07) is 4.14. The minimum Gasteiger partial charge on any atom is -0.486 e. The molecule has 1 saturated heterocycles. The third-order valence-electron chi connectivity index (χ3n) is 3.41. The highest BCUT2D eigenvalue weighted by molar-refractivity contribution is 9.10. The summed E-state index contributed by atoms with van der Waals surface area (Å²) in [5.74, 6) is 1.60. The lowest BCUT2D eigenvalue weighted by Gasteiger charge is -2.23. The minimum absolute atomic E-state index is 0.145. The molecule has 0 radical (unpaired) electrons. The number of halogens is 1. The van der Waals surface area contributed by atoms with Crippen molar-refractivity contribution in [3.63, 3.8) is 0 Å². The number of nitrogens with one attached hydrogen (secondary N) is 1. The molecule has 20 heavy (non-hydrogen) atoms. The van der Waals surface area contributed by atoms with Crippen molar-refractivity contribution < 1.29 is 18.9 Å². The number of benzene rings is 1. The molecular weight excluding hydrogens is 326 g/mol. The average Bonchev–Trinajstić information content (AvgIpc) is 2.97. The van der Waals surface area contributed by atoms with Crippen molar-refractivity contribution >= 4 is 15.9 Å². The van der Waals surface area contributed by atoms with Crippen LogP contribution < -0.4 is 14.8 Å². The van der Waals surface area contributed by atoms with E-state index in [4.69, 9.17) is 18.9 Å². The first-order valence-corrected chi connectivity index (χ1v) is 7.59. The normalized spacial score (nSPS) is 20.1. The Morgan fingerprint density at radius 2 is 1.80 bits per heavy atom. The molecule has 1 unspecified atom stereocenters. The van der Waals surface area contributed by atoms with Gasteiger partial charge in [-0.3, -0.25) is 0 Å². The maximum atomic E-state index is 5.62. The van der Waals surface area contributed by atoms with Crippen LogP contribution in [0.1, 0.15) is 18.5 Å². The molecule has 1 aromatic carbocycles. The van der Waals surface area contributed by atoms with Crippen LogP contribution in [0.4, 0.5) is 0 Å². The van der Waals surface area contributed by atoms with Crippen molar-refractivity contribution in [3.8, 4) is 11.5 Å². The van der Waals surface area contributed by atoms with Gasteiger partial charge in [0, 0.05) is 17.1 Å². The number of fused-ring (bicyclic) bond motifs is 1. The van der Waals surface area contributed by atoms with Gasteiger partial charge in [0.2, 0.25) is 0 Å². The van der Waals surface area contributed by atoms with Crippen molar-refractivity contribution in [1.29, 1.82) is 0 Å². The molecule has 1 atom stereocenters. The molecule has 6 heteroatoms. The van der Waals surface area contributed by atoms with Crippen LogP contribution in [0, 0.1) is 0 Å². The Balaban J connectivity index is 1.68. The summed E-state index contributed by atoms with van der Waals surface area (Å²) in [5, 5.41) is 3.41. The summed E-state index contributed by atoms with van der Waals surface area (Å²) < 4.78 is 23.0. The van der Waals surface area contributed by atoms with Gasteiger partial charge in [0.05, 0.1) is 13.2 Å². The molecule has 0 aromatic heterocycles. The van der Waals surface area contributed by atoms with Crippen LogP contribution in [0.15, 0.2) is 16.6 Å². The monoisotopic (exact) mass is 343 g/mol. The van der Waals surface area contributed by atoms with Gasteiger partial charge in [0.15, 0.2) is 17.8 Å². The van der Waals surface area contributed by atoms with E-state index in [0.29, 0.717) is 33.0 Å². The third kappa shape index (κ3) is 3.09. The van der Waals surface area contributed by atoms with E-state index in [1.165, 1.54) is 0 Å². The number of hydrogen-bond acceptors (Lipinski definition) is 5. The molecule has 2 aliphatic heterocycles. The highest BCUT2D eigenvalue weighted by Crippen LogP contribution is 2.37.